The first-order valence-electron chi connectivity index (χ1n) is 7.67. The molecule has 1 aromatic carbocycles. The van der Waals surface area contributed by atoms with E-state index in [4.69, 9.17) is 17.3 Å². The molecule has 2 amide bonds. The van der Waals surface area contributed by atoms with Crippen molar-refractivity contribution in [3.05, 3.63) is 51.2 Å². The van der Waals surface area contributed by atoms with Crippen molar-refractivity contribution < 1.29 is 9.59 Å². The third-order valence-electron chi connectivity index (χ3n) is 3.42. The lowest BCUT2D eigenvalue weighted by Crippen LogP contribution is -2.35. The molecule has 136 valence electrons. The Morgan fingerprint density at radius 1 is 1.32 bits per heavy atom. The second-order valence-corrected chi connectivity index (χ2v) is 6.78. The molecule has 0 aliphatic heterocycles. The minimum absolute atomic E-state index is 0. The molecule has 0 saturated heterocycles. The van der Waals surface area contributed by atoms with Gasteiger partial charge in [-0.2, -0.15) is 0 Å². The second-order valence-electron chi connectivity index (χ2n) is 5.34. The van der Waals surface area contributed by atoms with Crippen LogP contribution in [0.15, 0.2) is 35.7 Å². The molecule has 1 atom stereocenters. The monoisotopic (exact) mass is 401 g/mol. The fraction of sp³-hybridized carbons (Fsp3) is 0.294. The molecule has 0 spiro atoms. The van der Waals surface area contributed by atoms with Crippen LogP contribution >= 0.6 is 35.3 Å². The summed E-state index contributed by atoms with van der Waals surface area (Å²) in [4.78, 5) is 25.3. The van der Waals surface area contributed by atoms with E-state index in [9.17, 15) is 9.59 Å². The van der Waals surface area contributed by atoms with E-state index in [1.807, 2.05) is 24.4 Å². The number of carbonyl (C=O) groups is 2. The number of hydrogen-bond donors (Lipinski definition) is 3. The summed E-state index contributed by atoms with van der Waals surface area (Å²) >= 11 is 7.67. The zero-order valence-electron chi connectivity index (χ0n) is 13.8. The standard InChI is InChI=1S/C17H20ClN3O2S.ClH/c1-2-4-15(19)17(23)21-11-6-7-14(18)13(9-11)16(22)20-10-12-5-3-8-24-12;/h3,5-9,15H,2,4,10,19H2,1H3,(H,20,22)(H,21,23);1H. The Morgan fingerprint density at radius 3 is 2.72 bits per heavy atom. The Kier molecular flexibility index (Phi) is 8.92. The lowest BCUT2D eigenvalue weighted by molar-refractivity contribution is -0.117. The SMILES string of the molecule is CCCC(N)C(=O)Nc1ccc(Cl)c(C(=O)NCc2cccs2)c1.Cl. The lowest BCUT2D eigenvalue weighted by Gasteiger charge is -2.13. The Bertz CT molecular complexity index is 708. The molecule has 0 aliphatic rings. The molecule has 5 nitrogen and oxygen atoms in total. The van der Waals surface area contributed by atoms with E-state index < -0.39 is 6.04 Å². The quantitative estimate of drug-likeness (QED) is 0.658. The Labute approximate surface area is 162 Å². The van der Waals surface area contributed by atoms with E-state index in [0.29, 0.717) is 29.2 Å². The maximum absolute atomic E-state index is 12.3. The van der Waals surface area contributed by atoms with E-state index in [1.54, 1.807) is 29.5 Å². The van der Waals surface area contributed by atoms with Crippen LogP contribution in [0.3, 0.4) is 0 Å². The van der Waals surface area contributed by atoms with Crippen molar-refractivity contribution in [2.24, 2.45) is 5.73 Å². The van der Waals surface area contributed by atoms with Gasteiger partial charge in [0.15, 0.2) is 0 Å². The van der Waals surface area contributed by atoms with Crippen molar-refractivity contribution >= 4 is 52.8 Å². The van der Waals surface area contributed by atoms with E-state index in [1.165, 1.54) is 0 Å². The van der Waals surface area contributed by atoms with Crippen molar-refractivity contribution in [1.29, 1.82) is 0 Å². The first-order chi connectivity index (χ1) is 11.5. The predicted molar refractivity (Wildman–Crippen MR) is 106 cm³/mol. The molecule has 8 heteroatoms. The molecular formula is C17H21Cl2N3O2S. The van der Waals surface area contributed by atoms with Crippen molar-refractivity contribution in [3.63, 3.8) is 0 Å². The summed E-state index contributed by atoms with van der Waals surface area (Å²) < 4.78 is 0. The van der Waals surface area contributed by atoms with Gasteiger partial charge in [0.25, 0.3) is 5.91 Å². The number of halogens is 2. The molecule has 0 fully saturated rings. The molecule has 0 aliphatic carbocycles. The highest BCUT2D eigenvalue weighted by Crippen LogP contribution is 2.21. The van der Waals surface area contributed by atoms with Gasteiger partial charge in [-0.05, 0) is 36.1 Å². The van der Waals surface area contributed by atoms with Crippen LogP contribution in [0.1, 0.15) is 35.0 Å². The summed E-state index contributed by atoms with van der Waals surface area (Å²) in [5.41, 5.74) is 6.60. The van der Waals surface area contributed by atoms with Crippen LogP contribution in [0.25, 0.3) is 0 Å². The highest BCUT2D eigenvalue weighted by Gasteiger charge is 2.15. The van der Waals surface area contributed by atoms with E-state index >= 15 is 0 Å². The summed E-state index contributed by atoms with van der Waals surface area (Å²) in [6, 6.07) is 8.09. The van der Waals surface area contributed by atoms with Crippen LogP contribution < -0.4 is 16.4 Å². The number of rotatable bonds is 7. The fourth-order valence-electron chi connectivity index (χ4n) is 2.13. The van der Waals surface area contributed by atoms with Crippen LogP contribution in [-0.2, 0) is 11.3 Å². The highest BCUT2D eigenvalue weighted by molar-refractivity contribution is 7.09. The van der Waals surface area contributed by atoms with Crippen molar-refractivity contribution in [1.82, 2.24) is 5.32 Å². The van der Waals surface area contributed by atoms with Crippen LogP contribution in [0, 0.1) is 0 Å². The minimum atomic E-state index is -0.568. The molecule has 2 aromatic rings. The summed E-state index contributed by atoms with van der Waals surface area (Å²) in [6.07, 6.45) is 1.43. The summed E-state index contributed by atoms with van der Waals surface area (Å²) in [6.45, 7) is 2.40. The van der Waals surface area contributed by atoms with Crippen LogP contribution in [0.5, 0.6) is 0 Å². The zero-order valence-corrected chi connectivity index (χ0v) is 16.1. The maximum Gasteiger partial charge on any atom is 0.253 e. The van der Waals surface area contributed by atoms with Gasteiger partial charge in [-0.25, -0.2) is 0 Å². The van der Waals surface area contributed by atoms with Gasteiger partial charge in [-0.1, -0.05) is 31.0 Å². The minimum Gasteiger partial charge on any atom is -0.347 e. The van der Waals surface area contributed by atoms with Crippen molar-refractivity contribution in [2.45, 2.75) is 32.4 Å². The average molecular weight is 402 g/mol. The smallest absolute Gasteiger partial charge is 0.253 e. The first-order valence-corrected chi connectivity index (χ1v) is 8.93. The molecule has 1 unspecified atom stereocenters. The van der Waals surface area contributed by atoms with Crippen molar-refractivity contribution in [3.8, 4) is 0 Å². The molecule has 0 saturated carbocycles. The van der Waals surface area contributed by atoms with E-state index in [0.717, 1.165) is 11.3 Å². The predicted octanol–water partition coefficient (Wildman–Crippen LogP) is 3.82. The largest absolute Gasteiger partial charge is 0.347 e. The topological polar surface area (TPSA) is 84.2 Å². The van der Waals surface area contributed by atoms with Gasteiger partial charge < -0.3 is 16.4 Å². The van der Waals surface area contributed by atoms with Gasteiger partial charge in [0.05, 0.1) is 23.2 Å². The molecule has 0 bridgehead atoms. The number of amides is 2. The molecule has 25 heavy (non-hydrogen) atoms. The third kappa shape index (κ3) is 6.32. The van der Waals surface area contributed by atoms with E-state index in [2.05, 4.69) is 10.6 Å². The van der Waals surface area contributed by atoms with Crippen molar-refractivity contribution in [2.75, 3.05) is 5.32 Å². The van der Waals surface area contributed by atoms with Gasteiger partial charge in [0.1, 0.15) is 0 Å². The van der Waals surface area contributed by atoms with Gasteiger partial charge in [0, 0.05) is 10.6 Å². The lowest BCUT2D eigenvalue weighted by atomic mass is 10.1. The van der Waals surface area contributed by atoms with Gasteiger partial charge in [-0.3, -0.25) is 9.59 Å². The van der Waals surface area contributed by atoms with Gasteiger partial charge >= 0.3 is 0 Å². The number of nitrogens with one attached hydrogen (secondary N) is 2. The summed E-state index contributed by atoms with van der Waals surface area (Å²) in [7, 11) is 0. The molecule has 0 radical (unpaired) electrons. The fourth-order valence-corrected chi connectivity index (χ4v) is 2.98. The van der Waals surface area contributed by atoms with Gasteiger partial charge in [-0.15, -0.1) is 23.7 Å². The number of nitrogens with two attached hydrogens (primary N) is 1. The normalized spacial score (nSPS) is 11.3. The number of thiophene rings is 1. The van der Waals surface area contributed by atoms with E-state index in [-0.39, 0.29) is 24.2 Å². The van der Waals surface area contributed by atoms with Crippen LogP contribution in [-0.4, -0.2) is 17.9 Å². The molecule has 2 rings (SSSR count). The first kappa shape index (κ1) is 21.4. The Hall–Kier alpha value is -1.60. The molecule has 1 heterocycles. The average Bonchev–Trinajstić information content (AvgIpc) is 3.08. The molecule has 4 N–H and O–H groups in total. The Morgan fingerprint density at radius 2 is 2.08 bits per heavy atom. The van der Waals surface area contributed by atoms with Crippen LogP contribution in [0.2, 0.25) is 5.02 Å². The number of anilines is 1. The zero-order chi connectivity index (χ0) is 17.5. The van der Waals surface area contributed by atoms with Gasteiger partial charge in [0.2, 0.25) is 5.91 Å². The maximum atomic E-state index is 12.3. The molecule has 1 aromatic heterocycles. The number of benzene rings is 1. The summed E-state index contributed by atoms with van der Waals surface area (Å²) in [5, 5.41) is 7.81. The summed E-state index contributed by atoms with van der Waals surface area (Å²) in [5.74, 6) is -0.563. The number of hydrogen-bond acceptors (Lipinski definition) is 4. The Balaban J connectivity index is 0.00000312. The second kappa shape index (κ2) is 10.4. The van der Waals surface area contributed by atoms with Crippen LogP contribution in [0.4, 0.5) is 5.69 Å². The number of carbonyl (C=O) groups excluding carboxylic acids is 2. The highest BCUT2D eigenvalue weighted by atomic mass is 35.5. The third-order valence-corrected chi connectivity index (χ3v) is 4.62. The molecular weight excluding hydrogens is 381 g/mol.